The summed E-state index contributed by atoms with van der Waals surface area (Å²) in [4.78, 5) is 8.94. The van der Waals surface area contributed by atoms with Crippen molar-refractivity contribution in [2.24, 2.45) is 0 Å². The summed E-state index contributed by atoms with van der Waals surface area (Å²) in [5, 5.41) is 7.39. The van der Waals surface area contributed by atoms with Crippen molar-refractivity contribution >= 4 is 32.6 Å². The summed E-state index contributed by atoms with van der Waals surface area (Å²) >= 11 is 0. The van der Waals surface area contributed by atoms with E-state index in [4.69, 9.17) is 0 Å². The average molecular weight is 510 g/mol. The van der Waals surface area contributed by atoms with Gasteiger partial charge in [0.1, 0.15) is 5.69 Å². The number of fused-ring (bicyclic) bond motifs is 1. The van der Waals surface area contributed by atoms with Gasteiger partial charge < -0.3 is 10.6 Å². The second-order valence-electron chi connectivity index (χ2n) is 8.82. The van der Waals surface area contributed by atoms with Gasteiger partial charge >= 0.3 is 0 Å². The molecule has 4 aromatic rings. The number of sulfonamides is 1. The number of benzene rings is 3. The Labute approximate surface area is 208 Å². The Morgan fingerprint density at radius 3 is 2.50 bits per heavy atom. The summed E-state index contributed by atoms with van der Waals surface area (Å²) in [6.07, 6.45) is 3.81. The molecular formula is C26H25F2N5O2S. The van der Waals surface area contributed by atoms with Gasteiger partial charge in [0.2, 0.25) is 16.0 Å². The van der Waals surface area contributed by atoms with Crippen LogP contribution in [0.1, 0.15) is 18.4 Å². The van der Waals surface area contributed by atoms with Crippen LogP contribution in [-0.2, 0) is 15.8 Å². The van der Waals surface area contributed by atoms with Crippen LogP contribution in [0.3, 0.4) is 0 Å². The van der Waals surface area contributed by atoms with Gasteiger partial charge in [-0.15, -0.1) is 0 Å². The average Bonchev–Trinajstić information content (AvgIpc) is 2.87. The summed E-state index contributed by atoms with van der Waals surface area (Å²) in [6.45, 7) is 1.87. The van der Waals surface area contributed by atoms with Gasteiger partial charge in [-0.3, -0.25) is 4.72 Å². The van der Waals surface area contributed by atoms with Crippen LogP contribution in [0.2, 0.25) is 0 Å². The Morgan fingerprint density at radius 2 is 1.78 bits per heavy atom. The first-order chi connectivity index (χ1) is 17.4. The van der Waals surface area contributed by atoms with Crippen LogP contribution in [0.25, 0.3) is 22.0 Å². The van der Waals surface area contributed by atoms with Crippen molar-refractivity contribution < 1.29 is 17.2 Å². The number of piperidine rings is 1. The lowest BCUT2D eigenvalue weighted by molar-refractivity contribution is 0.478. The zero-order valence-corrected chi connectivity index (χ0v) is 20.2. The maximum absolute atomic E-state index is 14.9. The molecule has 0 saturated carbocycles. The van der Waals surface area contributed by atoms with E-state index < -0.39 is 33.1 Å². The largest absolute Gasteiger partial charge is 0.350 e. The van der Waals surface area contributed by atoms with Crippen molar-refractivity contribution in [1.29, 1.82) is 0 Å². The van der Waals surface area contributed by atoms with Gasteiger partial charge in [-0.25, -0.2) is 27.2 Å². The zero-order chi connectivity index (χ0) is 25.1. The van der Waals surface area contributed by atoms with Crippen molar-refractivity contribution in [2.45, 2.75) is 24.6 Å². The molecule has 1 aromatic heterocycles. The maximum atomic E-state index is 14.9. The third-order valence-corrected chi connectivity index (χ3v) is 7.27. The molecule has 7 nitrogen and oxygen atoms in total. The molecule has 0 bridgehead atoms. The molecule has 3 N–H and O–H groups in total. The molecule has 1 unspecified atom stereocenters. The van der Waals surface area contributed by atoms with Crippen molar-refractivity contribution in [3.05, 3.63) is 84.1 Å². The van der Waals surface area contributed by atoms with Crippen molar-refractivity contribution in [2.75, 3.05) is 23.1 Å². The van der Waals surface area contributed by atoms with Crippen molar-refractivity contribution in [3.8, 4) is 11.1 Å². The van der Waals surface area contributed by atoms with Crippen molar-refractivity contribution in [1.82, 2.24) is 15.3 Å². The summed E-state index contributed by atoms with van der Waals surface area (Å²) in [6, 6.07) is 16.1. The number of nitrogens with zero attached hydrogens (tertiary/aromatic N) is 2. The number of hydrogen-bond acceptors (Lipinski definition) is 6. The predicted octanol–water partition coefficient (Wildman–Crippen LogP) is 4.68. The smallest absolute Gasteiger partial charge is 0.237 e. The first kappa shape index (κ1) is 24.1. The first-order valence-corrected chi connectivity index (χ1v) is 13.3. The van der Waals surface area contributed by atoms with Crippen LogP contribution < -0.4 is 15.4 Å². The molecule has 5 rings (SSSR count). The third-order valence-electron chi connectivity index (χ3n) is 6.04. The van der Waals surface area contributed by atoms with E-state index in [9.17, 15) is 17.2 Å². The maximum Gasteiger partial charge on any atom is 0.237 e. The third kappa shape index (κ3) is 5.60. The Morgan fingerprint density at radius 1 is 1.00 bits per heavy atom. The van der Waals surface area contributed by atoms with Gasteiger partial charge in [-0.05, 0) is 60.3 Å². The molecule has 0 radical (unpaired) electrons. The fraction of sp³-hybridized carbons (Fsp3) is 0.231. The molecule has 10 heteroatoms. The van der Waals surface area contributed by atoms with Crippen LogP contribution >= 0.6 is 0 Å². The fourth-order valence-electron chi connectivity index (χ4n) is 4.26. The Kier molecular flexibility index (Phi) is 6.80. The minimum absolute atomic E-state index is 0.269. The van der Waals surface area contributed by atoms with Gasteiger partial charge in [0.25, 0.3) is 0 Å². The standard InChI is InChI=1S/C26H25F2N5O2S/c27-22-12-19(13-23(28)25(22)33-36(34,35)16-17-5-2-1-3-6-17)18-8-9-24-20(11-18)14-30-26(32-24)31-21-7-4-10-29-15-21/h1-3,5-6,8-9,11-14,21,29,33H,4,7,10,15-16H2,(H,30,31,32). The summed E-state index contributed by atoms with van der Waals surface area (Å²) in [5.41, 5.74) is 1.33. The summed E-state index contributed by atoms with van der Waals surface area (Å²) < 4.78 is 56.7. The second kappa shape index (κ2) is 10.2. The fourth-order valence-corrected chi connectivity index (χ4v) is 5.47. The Bertz CT molecular complexity index is 1470. The van der Waals surface area contributed by atoms with E-state index in [2.05, 4.69) is 20.6 Å². The van der Waals surface area contributed by atoms with E-state index in [1.165, 1.54) is 0 Å². The Balaban J connectivity index is 1.36. The monoisotopic (exact) mass is 509 g/mol. The van der Waals surface area contributed by atoms with Crippen LogP contribution in [-0.4, -0.2) is 37.5 Å². The predicted molar refractivity (Wildman–Crippen MR) is 137 cm³/mol. The van der Waals surface area contributed by atoms with Gasteiger partial charge in [0, 0.05) is 24.2 Å². The quantitative estimate of drug-likeness (QED) is 0.335. The van der Waals surface area contributed by atoms with E-state index in [0.29, 0.717) is 28.0 Å². The first-order valence-electron chi connectivity index (χ1n) is 11.6. The Hall–Kier alpha value is -3.63. The molecule has 36 heavy (non-hydrogen) atoms. The number of hydrogen-bond donors (Lipinski definition) is 3. The molecule has 0 aliphatic carbocycles. The minimum Gasteiger partial charge on any atom is -0.350 e. The zero-order valence-electron chi connectivity index (χ0n) is 19.3. The van der Waals surface area contributed by atoms with E-state index in [1.54, 1.807) is 54.7 Å². The van der Waals surface area contributed by atoms with Crippen LogP contribution in [0, 0.1) is 11.6 Å². The molecule has 1 saturated heterocycles. The van der Waals surface area contributed by atoms with E-state index in [-0.39, 0.29) is 11.6 Å². The number of halogens is 2. The molecule has 1 aliphatic rings. The molecule has 1 fully saturated rings. The van der Waals surface area contributed by atoms with Crippen LogP contribution in [0.15, 0.2) is 66.9 Å². The van der Waals surface area contributed by atoms with Crippen LogP contribution in [0.4, 0.5) is 20.4 Å². The number of anilines is 2. The molecule has 0 spiro atoms. The molecule has 2 heterocycles. The lowest BCUT2D eigenvalue weighted by Crippen LogP contribution is -2.38. The topological polar surface area (TPSA) is 96.0 Å². The molecule has 3 aromatic carbocycles. The highest BCUT2D eigenvalue weighted by Gasteiger charge is 2.19. The number of nitrogens with one attached hydrogen (secondary N) is 3. The highest BCUT2D eigenvalue weighted by molar-refractivity contribution is 7.91. The number of aromatic nitrogens is 2. The SMILES string of the molecule is O=S(=O)(Cc1ccccc1)Nc1c(F)cc(-c2ccc3nc(NC4CCCNC4)ncc3c2)cc1F. The van der Waals surface area contributed by atoms with Gasteiger partial charge in [-0.1, -0.05) is 36.4 Å². The van der Waals surface area contributed by atoms with E-state index in [0.717, 1.165) is 38.1 Å². The normalized spacial score (nSPS) is 16.1. The van der Waals surface area contributed by atoms with Gasteiger partial charge in [-0.2, -0.15) is 0 Å². The summed E-state index contributed by atoms with van der Waals surface area (Å²) in [7, 11) is -4.01. The molecule has 1 atom stereocenters. The highest BCUT2D eigenvalue weighted by Crippen LogP contribution is 2.30. The lowest BCUT2D eigenvalue weighted by Gasteiger charge is -2.23. The number of rotatable bonds is 7. The van der Waals surface area contributed by atoms with E-state index >= 15 is 0 Å². The molecule has 186 valence electrons. The molecular weight excluding hydrogens is 484 g/mol. The van der Waals surface area contributed by atoms with Crippen molar-refractivity contribution in [3.63, 3.8) is 0 Å². The molecule has 1 aliphatic heterocycles. The lowest BCUT2D eigenvalue weighted by atomic mass is 10.0. The summed E-state index contributed by atoms with van der Waals surface area (Å²) in [5.74, 6) is -1.86. The molecule has 0 amide bonds. The second-order valence-corrected chi connectivity index (χ2v) is 10.5. The van der Waals surface area contributed by atoms with Crippen LogP contribution in [0.5, 0.6) is 0 Å². The van der Waals surface area contributed by atoms with E-state index in [1.807, 2.05) is 4.72 Å². The van der Waals surface area contributed by atoms with Gasteiger partial charge in [0.05, 0.1) is 11.3 Å². The minimum atomic E-state index is -4.01. The van der Waals surface area contributed by atoms with Gasteiger partial charge in [0.15, 0.2) is 11.6 Å². The highest BCUT2D eigenvalue weighted by atomic mass is 32.2.